The predicted molar refractivity (Wildman–Crippen MR) is 71.7 cm³/mol. The third-order valence-electron chi connectivity index (χ3n) is 4.11. The van der Waals surface area contributed by atoms with Crippen molar-refractivity contribution in [3.05, 3.63) is 17.5 Å². The predicted octanol–water partition coefficient (Wildman–Crippen LogP) is 1.54. The fraction of sp³-hybridized carbons (Fsp3) is 0.786. The van der Waals surface area contributed by atoms with Gasteiger partial charge in [-0.25, -0.2) is 0 Å². The van der Waals surface area contributed by atoms with E-state index in [0.717, 1.165) is 24.0 Å². The molecule has 0 spiro atoms. The summed E-state index contributed by atoms with van der Waals surface area (Å²) in [6, 6.07) is 4.12. The van der Waals surface area contributed by atoms with E-state index in [2.05, 4.69) is 22.3 Å². The zero-order chi connectivity index (χ0) is 13.2. The molecule has 5 heteroatoms. The van der Waals surface area contributed by atoms with Crippen LogP contribution in [0.2, 0.25) is 0 Å². The van der Waals surface area contributed by atoms with E-state index in [-0.39, 0.29) is 0 Å². The average molecular weight is 265 g/mol. The highest BCUT2D eigenvalue weighted by Crippen LogP contribution is 2.33. The lowest BCUT2D eigenvalue weighted by Gasteiger charge is -2.19. The molecule has 19 heavy (non-hydrogen) atoms. The van der Waals surface area contributed by atoms with Crippen LogP contribution in [-0.4, -0.2) is 41.8 Å². The molecule has 1 saturated carbocycles. The van der Waals surface area contributed by atoms with E-state index >= 15 is 0 Å². The van der Waals surface area contributed by atoms with Crippen molar-refractivity contribution in [1.29, 1.82) is 0 Å². The minimum Gasteiger partial charge on any atom is -0.377 e. The van der Waals surface area contributed by atoms with E-state index in [1.807, 2.05) is 6.07 Å². The molecule has 0 amide bonds. The Balaban J connectivity index is 1.46. The molecule has 1 aliphatic carbocycles. The highest BCUT2D eigenvalue weighted by molar-refractivity contribution is 5.05. The van der Waals surface area contributed by atoms with Crippen molar-refractivity contribution >= 4 is 0 Å². The first-order valence-corrected chi connectivity index (χ1v) is 7.19. The number of rotatable bonds is 6. The number of ether oxygens (including phenoxy) is 1. The molecular weight excluding hydrogens is 242 g/mol. The van der Waals surface area contributed by atoms with Crippen molar-refractivity contribution in [2.24, 2.45) is 0 Å². The Morgan fingerprint density at radius 2 is 2.37 bits per heavy atom. The van der Waals surface area contributed by atoms with Crippen LogP contribution in [0.25, 0.3) is 0 Å². The summed E-state index contributed by atoms with van der Waals surface area (Å²) in [5.41, 5.74) is 0.963. The summed E-state index contributed by atoms with van der Waals surface area (Å²) in [6.07, 6.45) is 4.01. The van der Waals surface area contributed by atoms with Gasteiger partial charge >= 0.3 is 0 Å². The Hall–Kier alpha value is -0.910. The van der Waals surface area contributed by atoms with Gasteiger partial charge in [-0.1, -0.05) is 5.16 Å². The smallest absolute Gasteiger partial charge is 0.162 e. The van der Waals surface area contributed by atoms with Crippen molar-refractivity contribution in [2.45, 2.75) is 57.5 Å². The molecule has 2 atom stereocenters. The average Bonchev–Trinajstić information content (AvgIpc) is 3.02. The molecule has 1 aromatic rings. The van der Waals surface area contributed by atoms with Crippen LogP contribution in [0.1, 0.15) is 37.6 Å². The fourth-order valence-electron chi connectivity index (χ4n) is 3.02. The fourth-order valence-corrected chi connectivity index (χ4v) is 3.02. The second-order valence-corrected chi connectivity index (χ2v) is 5.81. The molecular formula is C14H23N3O2. The van der Waals surface area contributed by atoms with E-state index in [4.69, 9.17) is 9.26 Å². The lowest BCUT2D eigenvalue weighted by atomic mass is 10.2. The molecule has 0 radical (unpaired) electrons. The third kappa shape index (κ3) is 3.16. The lowest BCUT2D eigenvalue weighted by Crippen LogP contribution is -2.33. The molecule has 0 bridgehead atoms. The summed E-state index contributed by atoms with van der Waals surface area (Å²) in [4.78, 5) is 2.65. The molecule has 1 aliphatic heterocycles. The number of hydrogen-bond acceptors (Lipinski definition) is 5. The van der Waals surface area contributed by atoms with Gasteiger partial charge in [-0.3, -0.25) is 4.90 Å². The van der Waals surface area contributed by atoms with Gasteiger partial charge in [0.05, 0.1) is 5.69 Å². The summed E-state index contributed by atoms with van der Waals surface area (Å²) < 4.78 is 10.2. The van der Waals surface area contributed by atoms with E-state index in [0.29, 0.717) is 18.7 Å². The second kappa shape index (κ2) is 5.61. The van der Waals surface area contributed by atoms with Gasteiger partial charge in [0.1, 0.15) is 6.61 Å². The summed E-state index contributed by atoms with van der Waals surface area (Å²) >= 11 is 0. The van der Waals surface area contributed by atoms with Gasteiger partial charge in [0, 0.05) is 44.4 Å². The van der Waals surface area contributed by atoms with Crippen molar-refractivity contribution in [2.75, 3.05) is 13.7 Å². The number of likely N-dealkylation sites (tertiary alicyclic amines) is 1. The standard InChI is InChI=1S/C14H23N3O2/c1-10-5-12(8-17(10)13-3-4-13)15-7-11-6-14(9-18-2)19-16-11/h6,10,12-13,15H,3-5,7-9H2,1-2H3. The Kier molecular flexibility index (Phi) is 3.86. The van der Waals surface area contributed by atoms with Gasteiger partial charge in [-0.05, 0) is 26.2 Å². The summed E-state index contributed by atoms with van der Waals surface area (Å²) in [5.74, 6) is 0.790. The normalized spacial score (nSPS) is 28.1. The number of hydrogen-bond donors (Lipinski definition) is 1. The Labute approximate surface area is 114 Å². The number of nitrogens with one attached hydrogen (secondary N) is 1. The monoisotopic (exact) mass is 265 g/mol. The summed E-state index contributed by atoms with van der Waals surface area (Å²) in [6.45, 7) is 4.79. The zero-order valence-electron chi connectivity index (χ0n) is 11.8. The van der Waals surface area contributed by atoms with Gasteiger partial charge in [0.15, 0.2) is 5.76 Å². The maximum absolute atomic E-state index is 5.19. The van der Waals surface area contributed by atoms with Gasteiger partial charge in [0.25, 0.3) is 0 Å². The van der Waals surface area contributed by atoms with Crippen molar-refractivity contribution < 1.29 is 9.26 Å². The van der Waals surface area contributed by atoms with Crippen molar-refractivity contribution in [3.63, 3.8) is 0 Å². The van der Waals surface area contributed by atoms with Gasteiger partial charge in [-0.15, -0.1) is 0 Å². The van der Waals surface area contributed by atoms with Crippen LogP contribution in [0.15, 0.2) is 10.6 Å². The molecule has 2 unspecified atom stereocenters. The quantitative estimate of drug-likeness (QED) is 0.845. The van der Waals surface area contributed by atoms with Crippen LogP contribution in [0.5, 0.6) is 0 Å². The summed E-state index contributed by atoms with van der Waals surface area (Å²) in [5, 5.41) is 7.64. The molecule has 2 aliphatic rings. The number of aromatic nitrogens is 1. The molecule has 1 saturated heterocycles. The Morgan fingerprint density at radius 1 is 1.53 bits per heavy atom. The van der Waals surface area contributed by atoms with Crippen LogP contribution >= 0.6 is 0 Å². The van der Waals surface area contributed by atoms with Crippen LogP contribution < -0.4 is 5.32 Å². The van der Waals surface area contributed by atoms with Crippen LogP contribution in [0, 0.1) is 0 Å². The highest BCUT2D eigenvalue weighted by atomic mass is 16.5. The zero-order valence-corrected chi connectivity index (χ0v) is 11.8. The van der Waals surface area contributed by atoms with E-state index in [1.54, 1.807) is 7.11 Å². The Bertz CT molecular complexity index is 417. The molecule has 3 rings (SSSR count). The van der Waals surface area contributed by atoms with Gasteiger partial charge in [-0.2, -0.15) is 0 Å². The molecule has 5 nitrogen and oxygen atoms in total. The van der Waals surface area contributed by atoms with Crippen molar-refractivity contribution in [1.82, 2.24) is 15.4 Å². The van der Waals surface area contributed by atoms with Crippen LogP contribution in [-0.2, 0) is 17.9 Å². The van der Waals surface area contributed by atoms with Crippen LogP contribution in [0.4, 0.5) is 0 Å². The van der Waals surface area contributed by atoms with E-state index in [1.165, 1.54) is 25.8 Å². The minimum atomic E-state index is 0.489. The van der Waals surface area contributed by atoms with Crippen LogP contribution in [0.3, 0.4) is 0 Å². The summed E-state index contributed by atoms with van der Waals surface area (Å²) in [7, 11) is 1.66. The van der Waals surface area contributed by atoms with Crippen molar-refractivity contribution in [3.8, 4) is 0 Å². The maximum Gasteiger partial charge on any atom is 0.162 e. The molecule has 2 heterocycles. The molecule has 2 fully saturated rings. The van der Waals surface area contributed by atoms with E-state index < -0.39 is 0 Å². The van der Waals surface area contributed by atoms with E-state index in [9.17, 15) is 0 Å². The first kappa shape index (κ1) is 13.1. The van der Waals surface area contributed by atoms with Gasteiger partial charge in [0.2, 0.25) is 0 Å². The Morgan fingerprint density at radius 3 is 3.11 bits per heavy atom. The first-order valence-electron chi connectivity index (χ1n) is 7.19. The lowest BCUT2D eigenvalue weighted by molar-refractivity contribution is 0.155. The molecule has 106 valence electrons. The molecule has 1 aromatic heterocycles. The molecule has 1 N–H and O–H groups in total. The third-order valence-corrected chi connectivity index (χ3v) is 4.11. The first-order chi connectivity index (χ1) is 9.26. The maximum atomic E-state index is 5.19. The minimum absolute atomic E-state index is 0.489. The SMILES string of the molecule is COCc1cc(CNC2CC(C)N(C3CC3)C2)no1. The largest absolute Gasteiger partial charge is 0.377 e. The van der Waals surface area contributed by atoms with Gasteiger partial charge < -0.3 is 14.6 Å². The molecule has 0 aromatic carbocycles. The number of nitrogens with zero attached hydrogens (tertiary/aromatic N) is 2. The topological polar surface area (TPSA) is 50.5 Å². The highest BCUT2D eigenvalue weighted by Gasteiger charge is 2.38. The second-order valence-electron chi connectivity index (χ2n) is 5.81. The number of methoxy groups -OCH3 is 1.